The van der Waals surface area contributed by atoms with E-state index in [0.29, 0.717) is 10.8 Å². The van der Waals surface area contributed by atoms with Gasteiger partial charge in [-0.05, 0) is 30.7 Å². The van der Waals surface area contributed by atoms with Crippen LogP contribution in [0.3, 0.4) is 0 Å². The number of halogens is 1. The maximum absolute atomic E-state index is 12.8. The second-order valence-electron chi connectivity index (χ2n) is 6.82. The molecule has 1 aromatic heterocycles. The molecule has 0 fully saturated rings. The standard InChI is InChI=1S/C17H21ClN2O5S/c1-17(2,3)14-10-15(20-25-14)19-16(22)13(8-9-21)26(23,24)12-6-4-11(18)5-7-12/h4-7,10,13,21H,8-9H2,1-3H3,(H,19,20,22). The Hall–Kier alpha value is -1.90. The van der Waals surface area contributed by atoms with E-state index in [2.05, 4.69) is 10.5 Å². The van der Waals surface area contributed by atoms with E-state index in [0.717, 1.165) is 0 Å². The summed E-state index contributed by atoms with van der Waals surface area (Å²) in [5.74, 6) is -0.121. The highest BCUT2D eigenvalue weighted by molar-refractivity contribution is 7.92. The molecule has 26 heavy (non-hydrogen) atoms. The minimum absolute atomic E-state index is 0.0500. The summed E-state index contributed by atoms with van der Waals surface area (Å²) in [5, 5.41) is 14.3. The number of aliphatic hydroxyl groups excluding tert-OH is 1. The fraction of sp³-hybridized carbons (Fsp3) is 0.412. The molecule has 0 aliphatic rings. The highest BCUT2D eigenvalue weighted by Crippen LogP contribution is 2.26. The van der Waals surface area contributed by atoms with Crippen LogP contribution in [0, 0.1) is 0 Å². The van der Waals surface area contributed by atoms with Gasteiger partial charge in [-0.25, -0.2) is 8.42 Å². The van der Waals surface area contributed by atoms with Crippen LogP contribution in [0.2, 0.25) is 5.02 Å². The number of aliphatic hydroxyl groups is 1. The molecule has 7 nitrogen and oxygen atoms in total. The van der Waals surface area contributed by atoms with Gasteiger partial charge in [-0.1, -0.05) is 37.5 Å². The van der Waals surface area contributed by atoms with Crippen molar-refractivity contribution in [1.82, 2.24) is 5.16 Å². The van der Waals surface area contributed by atoms with Crippen molar-refractivity contribution in [3.63, 3.8) is 0 Å². The Labute approximate surface area is 157 Å². The van der Waals surface area contributed by atoms with Gasteiger partial charge in [-0.3, -0.25) is 4.79 Å². The van der Waals surface area contributed by atoms with Crippen LogP contribution in [-0.2, 0) is 20.0 Å². The Kier molecular flexibility index (Phi) is 6.10. The van der Waals surface area contributed by atoms with Crippen molar-refractivity contribution in [2.24, 2.45) is 0 Å². The van der Waals surface area contributed by atoms with Crippen molar-refractivity contribution in [3.8, 4) is 0 Å². The first kappa shape index (κ1) is 20.4. The minimum Gasteiger partial charge on any atom is -0.396 e. The first-order valence-electron chi connectivity index (χ1n) is 7.94. The summed E-state index contributed by atoms with van der Waals surface area (Å²) in [5.41, 5.74) is -0.310. The number of anilines is 1. The number of nitrogens with zero attached hydrogens (tertiary/aromatic N) is 1. The molecule has 2 rings (SSSR count). The Morgan fingerprint density at radius 1 is 1.31 bits per heavy atom. The largest absolute Gasteiger partial charge is 0.396 e. The number of hydrogen-bond donors (Lipinski definition) is 2. The first-order chi connectivity index (χ1) is 12.1. The molecule has 0 saturated heterocycles. The van der Waals surface area contributed by atoms with E-state index >= 15 is 0 Å². The number of rotatable bonds is 6. The van der Waals surface area contributed by atoms with Crippen LogP contribution in [0.1, 0.15) is 33.0 Å². The molecule has 142 valence electrons. The Morgan fingerprint density at radius 2 is 1.92 bits per heavy atom. The van der Waals surface area contributed by atoms with Crippen LogP contribution >= 0.6 is 11.6 Å². The molecule has 1 heterocycles. The SMILES string of the molecule is CC(C)(C)c1cc(NC(=O)C(CCO)S(=O)(=O)c2ccc(Cl)cc2)no1. The van der Waals surface area contributed by atoms with Gasteiger partial charge in [-0.2, -0.15) is 0 Å². The maximum Gasteiger partial charge on any atom is 0.244 e. The Morgan fingerprint density at radius 3 is 2.42 bits per heavy atom. The van der Waals surface area contributed by atoms with E-state index < -0.39 is 27.6 Å². The fourth-order valence-corrected chi connectivity index (χ4v) is 3.95. The normalized spacial score (nSPS) is 13.4. The molecule has 0 saturated carbocycles. The van der Waals surface area contributed by atoms with Crippen molar-refractivity contribution in [2.75, 3.05) is 11.9 Å². The lowest BCUT2D eigenvalue weighted by atomic mass is 9.93. The summed E-state index contributed by atoms with van der Waals surface area (Å²) >= 11 is 5.78. The van der Waals surface area contributed by atoms with Gasteiger partial charge in [0.25, 0.3) is 0 Å². The molecular formula is C17H21ClN2O5S. The fourth-order valence-electron chi connectivity index (χ4n) is 2.23. The number of amides is 1. The molecule has 1 amide bonds. The topological polar surface area (TPSA) is 110 Å². The number of nitrogens with one attached hydrogen (secondary N) is 1. The van der Waals surface area contributed by atoms with Gasteiger partial charge >= 0.3 is 0 Å². The van der Waals surface area contributed by atoms with Crippen LogP contribution in [0.4, 0.5) is 5.82 Å². The lowest BCUT2D eigenvalue weighted by molar-refractivity contribution is -0.116. The molecule has 2 N–H and O–H groups in total. The molecule has 0 aliphatic heterocycles. The lowest BCUT2D eigenvalue weighted by Crippen LogP contribution is -2.36. The number of carbonyl (C=O) groups is 1. The van der Waals surface area contributed by atoms with E-state index in [-0.39, 0.29) is 22.5 Å². The van der Waals surface area contributed by atoms with E-state index in [4.69, 9.17) is 16.1 Å². The predicted molar refractivity (Wildman–Crippen MR) is 98.0 cm³/mol. The van der Waals surface area contributed by atoms with Crippen molar-refractivity contribution in [1.29, 1.82) is 0 Å². The average Bonchev–Trinajstić information content (AvgIpc) is 3.01. The number of carbonyl (C=O) groups excluding carboxylic acids is 1. The second-order valence-corrected chi connectivity index (χ2v) is 9.38. The quantitative estimate of drug-likeness (QED) is 0.771. The number of sulfone groups is 1. The Balaban J connectivity index is 2.27. The van der Waals surface area contributed by atoms with Crippen molar-refractivity contribution < 1.29 is 22.8 Å². The first-order valence-corrected chi connectivity index (χ1v) is 9.86. The van der Waals surface area contributed by atoms with Gasteiger partial charge in [0, 0.05) is 23.1 Å². The number of aromatic nitrogens is 1. The third-order valence-electron chi connectivity index (χ3n) is 3.70. The predicted octanol–water partition coefficient (Wildman–Crippen LogP) is 2.79. The monoisotopic (exact) mass is 400 g/mol. The summed E-state index contributed by atoms with van der Waals surface area (Å²) in [7, 11) is -4.01. The van der Waals surface area contributed by atoms with E-state index in [1.807, 2.05) is 20.8 Å². The molecule has 9 heteroatoms. The third kappa shape index (κ3) is 4.63. The smallest absolute Gasteiger partial charge is 0.244 e. The van der Waals surface area contributed by atoms with Crippen molar-refractivity contribution in [3.05, 3.63) is 41.1 Å². The average molecular weight is 401 g/mol. The summed E-state index contributed by atoms with van der Waals surface area (Å²) in [4.78, 5) is 12.5. The summed E-state index contributed by atoms with van der Waals surface area (Å²) in [6.07, 6.45) is -0.249. The van der Waals surface area contributed by atoms with Crippen molar-refractivity contribution >= 4 is 33.2 Å². The van der Waals surface area contributed by atoms with Gasteiger partial charge in [0.05, 0.1) is 4.90 Å². The van der Waals surface area contributed by atoms with Gasteiger partial charge < -0.3 is 14.9 Å². The lowest BCUT2D eigenvalue weighted by Gasteiger charge is -2.16. The zero-order valence-electron chi connectivity index (χ0n) is 14.7. The van der Waals surface area contributed by atoms with Gasteiger partial charge in [-0.15, -0.1) is 0 Å². The minimum atomic E-state index is -4.01. The van der Waals surface area contributed by atoms with Crippen LogP contribution in [0.25, 0.3) is 0 Å². The molecule has 1 atom stereocenters. The zero-order chi connectivity index (χ0) is 19.5. The molecule has 1 aromatic carbocycles. The van der Waals surface area contributed by atoms with E-state index in [9.17, 15) is 18.3 Å². The molecule has 2 aromatic rings. The Bertz CT molecular complexity index is 869. The molecule has 0 radical (unpaired) electrons. The maximum atomic E-state index is 12.8. The zero-order valence-corrected chi connectivity index (χ0v) is 16.3. The van der Waals surface area contributed by atoms with Gasteiger partial charge in [0.1, 0.15) is 11.0 Å². The summed E-state index contributed by atoms with van der Waals surface area (Å²) < 4.78 is 30.7. The number of benzene rings is 1. The van der Waals surface area contributed by atoms with Gasteiger partial charge in [0.15, 0.2) is 15.7 Å². The highest BCUT2D eigenvalue weighted by Gasteiger charge is 2.34. The second kappa shape index (κ2) is 7.77. The van der Waals surface area contributed by atoms with Gasteiger partial charge in [0.2, 0.25) is 5.91 Å². The van der Waals surface area contributed by atoms with Crippen LogP contribution in [-0.4, -0.2) is 36.4 Å². The van der Waals surface area contributed by atoms with E-state index in [1.165, 1.54) is 24.3 Å². The van der Waals surface area contributed by atoms with Crippen molar-refractivity contribution in [2.45, 2.75) is 42.8 Å². The van der Waals surface area contributed by atoms with Crippen LogP contribution < -0.4 is 5.32 Å². The summed E-state index contributed by atoms with van der Waals surface area (Å²) in [6, 6.07) is 7.04. The number of hydrogen-bond acceptors (Lipinski definition) is 6. The third-order valence-corrected chi connectivity index (χ3v) is 6.08. The van der Waals surface area contributed by atoms with E-state index in [1.54, 1.807) is 6.07 Å². The van der Waals surface area contributed by atoms with Crippen LogP contribution in [0.5, 0.6) is 0 Å². The highest BCUT2D eigenvalue weighted by atomic mass is 35.5. The molecule has 0 aliphatic carbocycles. The van der Waals surface area contributed by atoms with Crippen LogP contribution in [0.15, 0.2) is 39.8 Å². The molecular weight excluding hydrogens is 380 g/mol. The molecule has 0 bridgehead atoms. The summed E-state index contributed by atoms with van der Waals surface area (Å²) in [6.45, 7) is 5.28. The molecule has 0 spiro atoms. The molecule has 1 unspecified atom stereocenters.